The quantitative estimate of drug-likeness (QED) is 0.569. The Hall–Kier alpha value is -0.0800. The Morgan fingerprint density at radius 1 is 0.750 bits per heavy atom. The van der Waals surface area contributed by atoms with E-state index in [9.17, 15) is 0 Å². The molecular weight excluding hydrogens is 148 g/mol. The molecule has 0 aromatic heterocycles. The van der Waals surface area contributed by atoms with Crippen molar-refractivity contribution in [2.45, 2.75) is 50.6 Å². The van der Waals surface area contributed by atoms with Gasteiger partial charge < -0.3 is 10.6 Å². The number of nitrogens with one attached hydrogen (secondary N) is 2. The van der Waals surface area contributed by atoms with E-state index in [-0.39, 0.29) is 0 Å². The first-order chi connectivity index (χ1) is 5.95. The van der Waals surface area contributed by atoms with Crippen molar-refractivity contribution < 1.29 is 0 Å². The van der Waals surface area contributed by atoms with Crippen LogP contribution in [0.2, 0.25) is 0 Å². The van der Waals surface area contributed by atoms with Gasteiger partial charge in [-0.05, 0) is 12.8 Å². The summed E-state index contributed by atoms with van der Waals surface area (Å²) in [5.74, 6) is 0. The van der Waals surface area contributed by atoms with Crippen molar-refractivity contribution in [1.82, 2.24) is 10.6 Å². The highest BCUT2D eigenvalue weighted by Crippen LogP contribution is 2.14. The number of piperazine rings is 1. The van der Waals surface area contributed by atoms with Gasteiger partial charge in [-0.1, -0.05) is 25.7 Å². The highest BCUT2D eigenvalue weighted by molar-refractivity contribution is 4.84. The molecule has 0 amide bonds. The third kappa shape index (κ3) is 2.20. The van der Waals surface area contributed by atoms with E-state index in [0.29, 0.717) is 0 Å². The van der Waals surface area contributed by atoms with Gasteiger partial charge in [-0.2, -0.15) is 0 Å². The normalized spacial score (nSPS) is 38.0. The number of hydrogen-bond donors (Lipinski definition) is 2. The van der Waals surface area contributed by atoms with Crippen molar-refractivity contribution in [3.63, 3.8) is 0 Å². The van der Waals surface area contributed by atoms with E-state index in [1.807, 2.05) is 0 Å². The molecule has 2 saturated heterocycles. The molecule has 0 saturated carbocycles. The van der Waals surface area contributed by atoms with E-state index in [2.05, 4.69) is 10.6 Å². The molecule has 2 nitrogen and oxygen atoms in total. The Kier molecular flexibility index (Phi) is 3.01. The smallest absolute Gasteiger partial charge is 0.0195 e. The topological polar surface area (TPSA) is 24.1 Å². The monoisotopic (exact) mass is 168 g/mol. The predicted molar refractivity (Wildman–Crippen MR) is 51.3 cm³/mol. The minimum Gasteiger partial charge on any atom is -0.314 e. The van der Waals surface area contributed by atoms with Gasteiger partial charge in [0.15, 0.2) is 0 Å². The van der Waals surface area contributed by atoms with Crippen LogP contribution in [-0.2, 0) is 0 Å². The zero-order valence-corrected chi connectivity index (χ0v) is 7.81. The highest BCUT2D eigenvalue weighted by Gasteiger charge is 2.20. The molecule has 2 atom stereocenters. The van der Waals surface area contributed by atoms with Gasteiger partial charge in [-0.15, -0.1) is 0 Å². The minimum absolute atomic E-state index is 0.766. The van der Waals surface area contributed by atoms with Gasteiger partial charge in [-0.25, -0.2) is 0 Å². The second-order valence-electron chi connectivity index (χ2n) is 4.21. The first-order valence-electron chi connectivity index (χ1n) is 5.42. The van der Waals surface area contributed by atoms with Crippen LogP contribution in [0.25, 0.3) is 0 Å². The highest BCUT2D eigenvalue weighted by atomic mass is 15.1. The molecule has 2 aliphatic rings. The van der Waals surface area contributed by atoms with Crippen LogP contribution in [0.3, 0.4) is 0 Å². The maximum Gasteiger partial charge on any atom is 0.0195 e. The fourth-order valence-corrected chi connectivity index (χ4v) is 2.39. The molecule has 2 rings (SSSR count). The Balaban J connectivity index is 1.88. The summed E-state index contributed by atoms with van der Waals surface area (Å²) in [6.07, 6.45) is 8.50. The summed E-state index contributed by atoms with van der Waals surface area (Å²) in [5, 5.41) is 7.25. The van der Waals surface area contributed by atoms with Crippen LogP contribution in [0.1, 0.15) is 38.5 Å². The second-order valence-corrected chi connectivity index (χ2v) is 4.21. The van der Waals surface area contributed by atoms with E-state index < -0.39 is 0 Å². The molecule has 2 N–H and O–H groups in total. The van der Waals surface area contributed by atoms with Gasteiger partial charge in [-0.3, -0.25) is 0 Å². The lowest BCUT2D eigenvalue weighted by Crippen LogP contribution is -2.54. The summed E-state index contributed by atoms with van der Waals surface area (Å²) in [6, 6.07) is 1.53. The van der Waals surface area contributed by atoms with Gasteiger partial charge >= 0.3 is 0 Å². The average molecular weight is 168 g/mol. The van der Waals surface area contributed by atoms with Gasteiger partial charge in [0, 0.05) is 25.2 Å². The lowest BCUT2D eigenvalue weighted by Gasteiger charge is -2.31. The maximum absolute atomic E-state index is 3.73. The molecule has 70 valence electrons. The summed E-state index contributed by atoms with van der Waals surface area (Å²) in [4.78, 5) is 0. The summed E-state index contributed by atoms with van der Waals surface area (Å²) < 4.78 is 0. The molecule has 12 heavy (non-hydrogen) atoms. The second kappa shape index (κ2) is 4.24. The number of fused-ring (bicyclic) bond motifs is 2. The average Bonchev–Trinajstić information content (AvgIpc) is 2.17. The fourth-order valence-electron chi connectivity index (χ4n) is 2.39. The summed E-state index contributed by atoms with van der Waals surface area (Å²) in [5.41, 5.74) is 0. The lowest BCUT2D eigenvalue weighted by molar-refractivity contribution is 0.317. The zero-order valence-electron chi connectivity index (χ0n) is 7.81. The molecule has 0 aliphatic carbocycles. The molecule has 2 heteroatoms. The molecule has 2 unspecified atom stereocenters. The van der Waals surface area contributed by atoms with Crippen LogP contribution in [-0.4, -0.2) is 25.2 Å². The van der Waals surface area contributed by atoms with Crippen LogP contribution in [0.4, 0.5) is 0 Å². The Morgan fingerprint density at radius 3 is 1.92 bits per heavy atom. The van der Waals surface area contributed by atoms with Crippen LogP contribution in [0.5, 0.6) is 0 Å². The molecule has 2 heterocycles. The summed E-state index contributed by atoms with van der Waals surface area (Å²) in [6.45, 7) is 2.38. The fraction of sp³-hybridized carbons (Fsp3) is 1.00. The summed E-state index contributed by atoms with van der Waals surface area (Å²) in [7, 11) is 0. The van der Waals surface area contributed by atoms with Gasteiger partial charge in [0.1, 0.15) is 0 Å². The van der Waals surface area contributed by atoms with Crippen LogP contribution < -0.4 is 10.6 Å². The molecule has 0 spiro atoms. The van der Waals surface area contributed by atoms with Crippen molar-refractivity contribution in [2.24, 2.45) is 0 Å². The molecule has 0 aromatic carbocycles. The molecular formula is C10H20N2. The predicted octanol–water partition coefficient (Wildman–Crippen LogP) is 1.27. The minimum atomic E-state index is 0.766. The van der Waals surface area contributed by atoms with Crippen LogP contribution in [0, 0.1) is 0 Å². The summed E-state index contributed by atoms with van der Waals surface area (Å²) >= 11 is 0. The molecule has 2 bridgehead atoms. The van der Waals surface area contributed by atoms with Crippen molar-refractivity contribution in [2.75, 3.05) is 13.1 Å². The zero-order chi connectivity index (χ0) is 8.23. The first kappa shape index (κ1) is 8.52. The SMILES string of the molecule is C1CCCC2CNCC(CC1)N2. The third-order valence-corrected chi connectivity index (χ3v) is 3.11. The number of rotatable bonds is 0. The number of hydrogen-bond acceptors (Lipinski definition) is 2. The van der Waals surface area contributed by atoms with E-state index in [4.69, 9.17) is 0 Å². The van der Waals surface area contributed by atoms with Crippen molar-refractivity contribution in [3.8, 4) is 0 Å². The van der Waals surface area contributed by atoms with Crippen molar-refractivity contribution in [3.05, 3.63) is 0 Å². The Morgan fingerprint density at radius 2 is 1.33 bits per heavy atom. The third-order valence-electron chi connectivity index (χ3n) is 3.11. The lowest BCUT2D eigenvalue weighted by atomic mass is 10.1. The largest absolute Gasteiger partial charge is 0.314 e. The van der Waals surface area contributed by atoms with E-state index in [1.165, 1.54) is 51.6 Å². The molecule has 0 radical (unpaired) electrons. The van der Waals surface area contributed by atoms with Gasteiger partial charge in [0.2, 0.25) is 0 Å². The van der Waals surface area contributed by atoms with Crippen molar-refractivity contribution in [1.29, 1.82) is 0 Å². The molecule has 2 fully saturated rings. The van der Waals surface area contributed by atoms with E-state index in [1.54, 1.807) is 0 Å². The van der Waals surface area contributed by atoms with Crippen LogP contribution >= 0.6 is 0 Å². The molecule has 0 aromatic rings. The van der Waals surface area contributed by atoms with E-state index >= 15 is 0 Å². The van der Waals surface area contributed by atoms with Crippen LogP contribution in [0.15, 0.2) is 0 Å². The molecule has 2 aliphatic heterocycles. The standard InChI is InChI=1S/C10H20N2/c1-2-4-6-10-8-11-7-9(12-10)5-3-1/h9-12H,1-8H2. The van der Waals surface area contributed by atoms with E-state index in [0.717, 1.165) is 12.1 Å². The maximum atomic E-state index is 3.73. The van der Waals surface area contributed by atoms with Gasteiger partial charge in [0.25, 0.3) is 0 Å². The van der Waals surface area contributed by atoms with Crippen molar-refractivity contribution >= 4 is 0 Å². The Bertz CT molecular complexity index is 122. The van der Waals surface area contributed by atoms with Gasteiger partial charge in [0.05, 0.1) is 0 Å². The Labute approximate surface area is 75.1 Å². The first-order valence-corrected chi connectivity index (χ1v) is 5.42.